The van der Waals surface area contributed by atoms with Crippen molar-refractivity contribution in [2.24, 2.45) is 0 Å². The highest BCUT2D eigenvalue weighted by molar-refractivity contribution is 6.35. The monoisotopic (exact) mass is 156 g/mol. The normalized spacial score (nSPS) is 12.9. The Morgan fingerprint density at radius 3 is 2.50 bits per heavy atom. The predicted octanol–water partition coefficient (Wildman–Crippen LogP) is 1.01. The molecule has 0 aromatic carbocycles. The van der Waals surface area contributed by atoms with Crippen molar-refractivity contribution in [1.82, 2.24) is 0 Å². The molecule has 2 nitrogen and oxygen atoms in total. The minimum atomic E-state index is -0.707. The van der Waals surface area contributed by atoms with Gasteiger partial charge in [0.05, 0.1) is 7.11 Å². The van der Waals surface area contributed by atoms with Gasteiger partial charge >= 0.3 is 5.97 Å². The number of hydrogen-bond acceptors (Lipinski definition) is 2. The molecule has 0 aromatic heterocycles. The molecule has 0 amide bonds. The zero-order valence-electron chi connectivity index (χ0n) is 4.36. The first-order chi connectivity index (χ1) is 3.72. The second-order valence-electron chi connectivity index (χ2n) is 1.14. The summed E-state index contributed by atoms with van der Waals surface area (Å²) in [6, 6.07) is 0. The highest BCUT2D eigenvalue weighted by atomic mass is 35.5. The number of carbonyl (C=O) groups is 1. The van der Waals surface area contributed by atoms with Crippen molar-refractivity contribution in [1.29, 1.82) is 0 Å². The summed E-state index contributed by atoms with van der Waals surface area (Å²) < 4.78 is 4.25. The maximum atomic E-state index is 10.3. The fraction of sp³-hybridized carbons (Fsp3) is 0.750. The van der Waals surface area contributed by atoms with Gasteiger partial charge in [-0.3, -0.25) is 4.79 Å². The Labute approximate surface area is 57.7 Å². The van der Waals surface area contributed by atoms with Crippen LogP contribution < -0.4 is 0 Å². The standard InChI is InChI=1S/C4H6Cl2O2/c1-8-4(7)3(6)2-5/h3H,2H2,1H3/t3-/m0/s1. The van der Waals surface area contributed by atoms with Crippen molar-refractivity contribution in [2.75, 3.05) is 13.0 Å². The molecule has 0 aliphatic rings. The second-order valence-corrected chi connectivity index (χ2v) is 1.98. The number of carbonyl (C=O) groups excluding carboxylic acids is 1. The van der Waals surface area contributed by atoms with E-state index >= 15 is 0 Å². The lowest BCUT2D eigenvalue weighted by molar-refractivity contribution is -0.139. The molecule has 0 bridgehead atoms. The lowest BCUT2D eigenvalue weighted by atomic mass is 10.5. The molecule has 0 aliphatic carbocycles. The van der Waals surface area contributed by atoms with Crippen LogP contribution in [0, 0.1) is 0 Å². The Bertz CT molecular complexity index is 84.1. The quantitative estimate of drug-likeness (QED) is 0.441. The average molecular weight is 157 g/mol. The summed E-state index contributed by atoms with van der Waals surface area (Å²) in [5, 5.41) is -0.707. The van der Waals surface area contributed by atoms with Crippen LogP contribution in [0.4, 0.5) is 0 Å². The largest absolute Gasteiger partial charge is 0.468 e. The summed E-state index contributed by atoms with van der Waals surface area (Å²) in [4.78, 5) is 10.3. The van der Waals surface area contributed by atoms with Crippen molar-refractivity contribution in [3.8, 4) is 0 Å². The van der Waals surface area contributed by atoms with Crippen LogP contribution in [0.25, 0.3) is 0 Å². The number of halogens is 2. The third kappa shape index (κ3) is 2.38. The van der Waals surface area contributed by atoms with Gasteiger partial charge in [-0.25, -0.2) is 0 Å². The first-order valence-electron chi connectivity index (χ1n) is 2.00. The van der Waals surface area contributed by atoms with Crippen LogP contribution >= 0.6 is 23.2 Å². The third-order valence-electron chi connectivity index (χ3n) is 0.592. The van der Waals surface area contributed by atoms with Crippen LogP contribution in [-0.4, -0.2) is 24.3 Å². The number of hydrogen-bond donors (Lipinski definition) is 0. The SMILES string of the molecule is COC(=O)[C@@H](Cl)CCl. The van der Waals surface area contributed by atoms with Gasteiger partial charge < -0.3 is 4.74 Å². The number of methoxy groups -OCH3 is 1. The van der Waals surface area contributed by atoms with Crippen molar-refractivity contribution >= 4 is 29.2 Å². The maximum absolute atomic E-state index is 10.3. The summed E-state index contributed by atoms with van der Waals surface area (Å²) >= 11 is 10.5. The molecule has 0 heterocycles. The minimum absolute atomic E-state index is 0.0915. The molecule has 0 aromatic rings. The van der Waals surface area contributed by atoms with E-state index in [2.05, 4.69) is 4.74 Å². The van der Waals surface area contributed by atoms with Crippen LogP contribution in [0.3, 0.4) is 0 Å². The van der Waals surface area contributed by atoms with Crippen molar-refractivity contribution < 1.29 is 9.53 Å². The van der Waals surface area contributed by atoms with E-state index in [4.69, 9.17) is 23.2 Å². The molecule has 4 heteroatoms. The van der Waals surface area contributed by atoms with Crippen LogP contribution in [0.2, 0.25) is 0 Å². The van der Waals surface area contributed by atoms with Crippen molar-refractivity contribution in [3.63, 3.8) is 0 Å². The molecular formula is C4H6Cl2O2. The average Bonchev–Trinajstić information content (AvgIpc) is 1.84. The molecule has 1 atom stereocenters. The van der Waals surface area contributed by atoms with E-state index in [9.17, 15) is 4.79 Å². The molecule has 48 valence electrons. The second kappa shape index (κ2) is 3.98. The van der Waals surface area contributed by atoms with Crippen molar-refractivity contribution in [2.45, 2.75) is 5.38 Å². The number of rotatable bonds is 2. The Morgan fingerprint density at radius 2 is 2.38 bits per heavy atom. The summed E-state index contributed by atoms with van der Waals surface area (Å²) in [6.45, 7) is 0. The highest BCUT2D eigenvalue weighted by Gasteiger charge is 2.12. The fourth-order valence-corrected chi connectivity index (χ4v) is 0.406. The smallest absolute Gasteiger partial charge is 0.325 e. The van der Waals surface area contributed by atoms with E-state index in [1.54, 1.807) is 0 Å². The zero-order chi connectivity index (χ0) is 6.57. The molecule has 0 saturated carbocycles. The van der Waals surface area contributed by atoms with Crippen molar-refractivity contribution in [3.05, 3.63) is 0 Å². The summed E-state index contributed by atoms with van der Waals surface area (Å²) in [5.41, 5.74) is 0. The molecule has 0 saturated heterocycles. The fourth-order valence-electron chi connectivity index (χ4n) is 0.191. The Balaban J connectivity index is 3.46. The molecule has 0 N–H and O–H groups in total. The van der Waals surface area contributed by atoms with Gasteiger partial charge in [0.15, 0.2) is 0 Å². The molecule has 0 spiro atoms. The number of ether oxygens (including phenoxy) is 1. The van der Waals surface area contributed by atoms with Crippen LogP contribution in [0.1, 0.15) is 0 Å². The van der Waals surface area contributed by atoms with Gasteiger partial charge in [0.2, 0.25) is 0 Å². The molecule has 0 aliphatic heterocycles. The molecule has 8 heavy (non-hydrogen) atoms. The maximum Gasteiger partial charge on any atom is 0.325 e. The first-order valence-corrected chi connectivity index (χ1v) is 2.97. The Morgan fingerprint density at radius 1 is 1.88 bits per heavy atom. The van der Waals surface area contributed by atoms with Gasteiger partial charge in [0.25, 0.3) is 0 Å². The predicted molar refractivity (Wildman–Crippen MR) is 32.4 cm³/mol. The molecular weight excluding hydrogens is 151 g/mol. The summed E-state index contributed by atoms with van der Waals surface area (Å²) in [5.74, 6) is -0.393. The molecule has 0 radical (unpaired) electrons. The summed E-state index contributed by atoms with van der Waals surface area (Å²) in [7, 11) is 1.27. The van der Waals surface area contributed by atoms with Gasteiger partial charge in [0.1, 0.15) is 5.38 Å². The molecule has 0 rings (SSSR count). The van der Waals surface area contributed by atoms with E-state index in [0.29, 0.717) is 0 Å². The summed E-state index contributed by atoms with van der Waals surface area (Å²) in [6.07, 6.45) is 0. The Hall–Kier alpha value is 0.0500. The lowest BCUT2D eigenvalue weighted by Gasteiger charge is -1.99. The number of esters is 1. The van der Waals surface area contributed by atoms with Crippen LogP contribution in [-0.2, 0) is 9.53 Å². The van der Waals surface area contributed by atoms with Gasteiger partial charge in [-0.05, 0) is 0 Å². The van der Waals surface area contributed by atoms with Gasteiger partial charge in [-0.15, -0.1) is 23.2 Å². The first kappa shape index (κ1) is 8.05. The third-order valence-corrected chi connectivity index (χ3v) is 1.39. The minimum Gasteiger partial charge on any atom is -0.468 e. The number of alkyl halides is 2. The Kier molecular flexibility index (Phi) is 4.01. The highest BCUT2D eigenvalue weighted by Crippen LogP contribution is 1.99. The van der Waals surface area contributed by atoms with E-state index in [1.165, 1.54) is 7.11 Å². The van der Waals surface area contributed by atoms with Crippen LogP contribution in [0.5, 0.6) is 0 Å². The van der Waals surface area contributed by atoms with Gasteiger partial charge in [-0.1, -0.05) is 0 Å². The van der Waals surface area contributed by atoms with E-state index in [0.717, 1.165) is 0 Å². The molecule has 0 fully saturated rings. The van der Waals surface area contributed by atoms with E-state index in [-0.39, 0.29) is 5.88 Å². The lowest BCUT2D eigenvalue weighted by Crippen LogP contribution is -2.16. The molecule has 0 unspecified atom stereocenters. The van der Waals surface area contributed by atoms with E-state index in [1.807, 2.05) is 0 Å². The van der Waals surface area contributed by atoms with Gasteiger partial charge in [0, 0.05) is 5.88 Å². The van der Waals surface area contributed by atoms with E-state index < -0.39 is 11.3 Å². The van der Waals surface area contributed by atoms with Gasteiger partial charge in [-0.2, -0.15) is 0 Å². The zero-order valence-corrected chi connectivity index (χ0v) is 5.87. The van der Waals surface area contributed by atoms with Crippen LogP contribution in [0.15, 0.2) is 0 Å². The topological polar surface area (TPSA) is 26.3 Å².